The molecule has 3 rings (SSSR count). The molecule has 2 aromatic rings. The van der Waals surface area contributed by atoms with Crippen LogP contribution < -0.4 is 20.5 Å². The largest absolute Gasteiger partial charge is 0.494 e. The van der Waals surface area contributed by atoms with Crippen molar-refractivity contribution in [3.05, 3.63) is 47.3 Å². The third-order valence-corrected chi connectivity index (χ3v) is 5.39. The Morgan fingerprint density at radius 2 is 2.00 bits per heavy atom. The van der Waals surface area contributed by atoms with Crippen molar-refractivity contribution in [3.63, 3.8) is 0 Å². The van der Waals surface area contributed by atoms with Crippen LogP contribution in [0.4, 0.5) is 20.2 Å². The normalized spacial score (nSPS) is 19.2. The van der Waals surface area contributed by atoms with E-state index in [1.165, 1.54) is 25.3 Å². The van der Waals surface area contributed by atoms with E-state index in [4.69, 9.17) is 10.5 Å². The molecule has 172 valence electrons. The van der Waals surface area contributed by atoms with E-state index in [1.54, 1.807) is 12.3 Å². The van der Waals surface area contributed by atoms with Crippen molar-refractivity contribution in [1.29, 1.82) is 0 Å². The van der Waals surface area contributed by atoms with Crippen molar-refractivity contribution >= 4 is 23.5 Å². The third-order valence-electron chi connectivity index (χ3n) is 5.39. The van der Waals surface area contributed by atoms with Gasteiger partial charge in [-0.05, 0) is 37.8 Å². The average Bonchev–Trinajstić information content (AvgIpc) is 2.74. The topological polar surface area (TPSA) is 121 Å². The number of aromatic nitrogens is 1. The van der Waals surface area contributed by atoms with Crippen LogP contribution in [0.25, 0.3) is 0 Å². The maximum absolute atomic E-state index is 13.7. The molecular formula is C22H27F2N4O4+. The van der Waals surface area contributed by atoms with Crippen molar-refractivity contribution in [2.24, 2.45) is 4.99 Å². The third kappa shape index (κ3) is 5.31. The molecule has 10 heteroatoms. The molecule has 1 fully saturated rings. The fourth-order valence-electron chi connectivity index (χ4n) is 3.58. The Balaban J connectivity index is 1.86. The van der Waals surface area contributed by atoms with Crippen LogP contribution in [-0.4, -0.2) is 41.7 Å². The molecule has 1 aliphatic rings. The molecule has 0 saturated heterocycles. The Hall–Kier alpha value is -3.27. The summed E-state index contributed by atoms with van der Waals surface area (Å²) in [6.07, 6.45) is 4.25. The summed E-state index contributed by atoms with van der Waals surface area (Å²) in [6.45, 7) is 0.623. The van der Waals surface area contributed by atoms with Gasteiger partial charge in [-0.15, -0.1) is 0 Å². The molecule has 0 aliphatic heterocycles. The number of hydrogen-bond donors (Lipinski definition) is 4. The number of benzene rings is 1. The minimum Gasteiger partial charge on any atom is -0.494 e. The van der Waals surface area contributed by atoms with Gasteiger partial charge in [-0.25, -0.2) is 0 Å². The van der Waals surface area contributed by atoms with Gasteiger partial charge >= 0.3 is 23.2 Å². The van der Waals surface area contributed by atoms with Crippen LogP contribution in [0.1, 0.15) is 54.4 Å². The van der Waals surface area contributed by atoms with Crippen molar-refractivity contribution in [1.82, 2.24) is 0 Å². The number of nitrogens with zero attached hydrogens (tertiary/aromatic N) is 2. The number of ether oxygens (including phenoxy) is 1. The predicted molar refractivity (Wildman–Crippen MR) is 115 cm³/mol. The maximum atomic E-state index is 13.7. The summed E-state index contributed by atoms with van der Waals surface area (Å²) in [5, 5.41) is 22.3. The van der Waals surface area contributed by atoms with Gasteiger partial charge in [0.2, 0.25) is 0 Å². The van der Waals surface area contributed by atoms with Gasteiger partial charge in [-0.3, -0.25) is 15.0 Å². The van der Waals surface area contributed by atoms with Gasteiger partial charge in [-0.1, -0.05) is 0 Å². The van der Waals surface area contributed by atoms with E-state index < -0.39 is 17.5 Å². The second-order valence-electron chi connectivity index (χ2n) is 7.87. The van der Waals surface area contributed by atoms with E-state index in [2.05, 4.69) is 10.3 Å². The minimum atomic E-state index is -3.34. The Labute approximate surface area is 184 Å². The number of amides is 1. The van der Waals surface area contributed by atoms with Crippen molar-refractivity contribution in [2.45, 2.75) is 50.7 Å². The first-order chi connectivity index (χ1) is 15.1. The molecule has 1 heterocycles. The summed E-state index contributed by atoms with van der Waals surface area (Å²) >= 11 is 0. The van der Waals surface area contributed by atoms with E-state index >= 15 is 0 Å². The monoisotopic (exact) mass is 449 g/mol. The zero-order valence-electron chi connectivity index (χ0n) is 17.9. The van der Waals surface area contributed by atoms with Gasteiger partial charge in [0.15, 0.2) is 0 Å². The van der Waals surface area contributed by atoms with Crippen LogP contribution in [0.2, 0.25) is 0 Å². The van der Waals surface area contributed by atoms with Crippen molar-refractivity contribution in [3.8, 4) is 5.75 Å². The van der Waals surface area contributed by atoms with Gasteiger partial charge in [0.1, 0.15) is 5.75 Å². The SMILES string of the molecule is COc1cc(N)c(C=NC2CCC(O)CC2)cc1NC(=O)c1cccc(C(C)(F)F)[n+]1O. The minimum absolute atomic E-state index is 0.0738. The van der Waals surface area contributed by atoms with Crippen molar-refractivity contribution < 1.29 is 33.4 Å². The molecule has 0 spiro atoms. The summed E-state index contributed by atoms with van der Waals surface area (Å²) in [7, 11) is 1.40. The summed E-state index contributed by atoms with van der Waals surface area (Å²) in [6, 6.07) is 6.66. The van der Waals surface area contributed by atoms with Crippen LogP contribution >= 0.6 is 0 Å². The molecule has 1 aliphatic carbocycles. The number of rotatable bonds is 6. The molecule has 1 saturated carbocycles. The molecule has 8 nitrogen and oxygen atoms in total. The number of aliphatic imine (C=N–C) groups is 1. The molecule has 0 unspecified atom stereocenters. The molecular weight excluding hydrogens is 422 g/mol. The van der Waals surface area contributed by atoms with Crippen LogP contribution in [0.5, 0.6) is 5.75 Å². The standard InChI is InChI=1S/C22H26F2N4O4/c1-22(23,24)20-5-3-4-18(28(20)31)21(30)27-17-10-13(16(25)11-19(17)32-2)12-26-14-6-8-15(29)9-7-14/h3-5,10-12,14-15,25,29-31H,6-9H2,1-2H3/p+1. The number of aliphatic hydroxyl groups excluding tert-OH is 1. The lowest BCUT2D eigenvalue weighted by molar-refractivity contribution is -0.914. The molecule has 1 aromatic heterocycles. The molecule has 5 N–H and O–H groups in total. The van der Waals surface area contributed by atoms with Gasteiger partial charge < -0.3 is 20.9 Å². The number of pyridine rings is 1. The number of carbonyl (C=O) groups excluding carboxylic acids is 1. The van der Waals surface area contributed by atoms with Gasteiger partial charge in [-0.2, -0.15) is 8.78 Å². The van der Waals surface area contributed by atoms with E-state index in [-0.39, 0.29) is 34.0 Å². The van der Waals surface area contributed by atoms with E-state index in [0.717, 1.165) is 18.9 Å². The van der Waals surface area contributed by atoms with E-state index in [0.29, 0.717) is 31.0 Å². The van der Waals surface area contributed by atoms with Gasteiger partial charge in [0.05, 0.1) is 24.9 Å². The lowest BCUT2D eigenvalue weighted by Gasteiger charge is -2.22. The zero-order chi connectivity index (χ0) is 23.5. The molecule has 0 bridgehead atoms. The number of anilines is 2. The molecule has 1 aromatic carbocycles. The number of halogens is 2. The Bertz CT molecular complexity index is 1020. The highest BCUT2D eigenvalue weighted by atomic mass is 19.3. The summed E-state index contributed by atoms with van der Waals surface area (Å²) in [5.74, 6) is -3.90. The fraction of sp³-hybridized carbons (Fsp3) is 0.409. The Morgan fingerprint density at radius 1 is 1.31 bits per heavy atom. The predicted octanol–water partition coefficient (Wildman–Crippen LogP) is 2.89. The summed E-state index contributed by atoms with van der Waals surface area (Å²) in [4.78, 5) is 17.3. The second kappa shape index (κ2) is 9.47. The van der Waals surface area contributed by atoms with Crippen LogP contribution in [0, 0.1) is 0 Å². The number of nitrogens with two attached hydrogens (primary N) is 1. The Morgan fingerprint density at radius 3 is 2.62 bits per heavy atom. The first kappa shape index (κ1) is 23.4. The van der Waals surface area contributed by atoms with E-state index in [9.17, 15) is 23.9 Å². The Kier molecular flexibility index (Phi) is 6.93. The van der Waals surface area contributed by atoms with Gasteiger partial charge in [0.25, 0.3) is 0 Å². The molecule has 32 heavy (non-hydrogen) atoms. The first-order valence-corrected chi connectivity index (χ1v) is 10.2. The number of nitrogen functional groups attached to an aromatic ring is 1. The second-order valence-corrected chi connectivity index (χ2v) is 7.87. The smallest absolute Gasteiger partial charge is 0.332 e. The zero-order valence-corrected chi connectivity index (χ0v) is 17.9. The van der Waals surface area contributed by atoms with E-state index in [1.807, 2.05) is 0 Å². The molecule has 0 radical (unpaired) electrons. The maximum Gasteiger partial charge on any atom is 0.332 e. The highest BCUT2D eigenvalue weighted by Crippen LogP contribution is 2.30. The summed E-state index contributed by atoms with van der Waals surface area (Å²) in [5.41, 5.74) is 6.14. The lowest BCUT2D eigenvalue weighted by Crippen LogP contribution is -2.46. The lowest BCUT2D eigenvalue weighted by atomic mass is 9.93. The summed E-state index contributed by atoms with van der Waals surface area (Å²) < 4.78 is 32.8. The number of aliphatic hydroxyl groups is 1. The van der Waals surface area contributed by atoms with Crippen molar-refractivity contribution in [2.75, 3.05) is 18.2 Å². The first-order valence-electron chi connectivity index (χ1n) is 10.2. The van der Waals surface area contributed by atoms with Gasteiger partial charge in [0, 0.05) is 47.3 Å². The number of carbonyl (C=O) groups is 1. The number of methoxy groups -OCH3 is 1. The number of nitrogens with one attached hydrogen (secondary N) is 1. The highest BCUT2D eigenvalue weighted by molar-refractivity contribution is 6.04. The molecule has 0 atom stereocenters. The fourth-order valence-corrected chi connectivity index (χ4v) is 3.58. The molecule has 1 amide bonds. The van der Waals surface area contributed by atoms with Crippen LogP contribution in [-0.2, 0) is 5.92 Å². The quantitative estimate of drug-likeness (QED) is 0.234. The number of hydrogen-bond acceptors (Lipinski definition) is 6. The average molecular weight is 449 g/mol. The number of alkyl halides is 2. The highest BCUT2D eigenvalue weighted by Gasteiger charge is 2.38. The van der Waals surface area contributed by atoms with Crippen LogP contribution in [0.15, 0.2) is 35.3 Å². The van der Waals surface area contributed by atoms with Crippen LogP contribution in [0.3, 0.4) is 0 Å².